The van der Waals surface area contributed by atoms with Crippen LogP contribution in [0.4, 0.5) is 9.59 Å². The highest BCUT2D eigenvalue weighted by Gasteiger charge is 2.46. The monoisotopic (exact) mass is 525 g/mol. The first-order valence-corrected chi connectivity index (χ1v) is 12.3. The third-order valence-corrected chi connectivity index (χ3v) is 5.01. The molecular weight excluding hydrogens is 486 g/mol. The Hall–Kier alpha value is -3.34. The van der Waals surface area contributed by atoms with Crippen LogP contribution in [0.25, 0.3) is 0 Å². The molecule has 0 amide bonds. The van der Waals surface area contributed by atoms with Crippen LogP contribution < -0.4 is 14.8 Å². The minimum absolute atomic E-state index is 0.108. The number of benzene rings is 1. The molecule has 0 aliphatic heterocycles. The second kappa shape index (κ2) is 14.4. The van der Waals surface area contributed by atoms with Crippen LogP contribution in [0.3, 0.4) is 0 Å². The topological polar surface area (TPSA) is 147 Å². The van der Waals surface area contributed by atoms with Gasteiger partial charge in [-0.25, -0.2) is 14.4 Å². The molecular formula is C26H39NO10. The summed E-state index contributed by atoms with van der Waals surface area (Å²) in [6, 6.07) is 3.79. The first kappa shape index (κ1) is 31.7. The number of esters is 1. The SMILES string of the molecule is CCCOC(=O)Oc1ccc(C[C@](NC(C)CC)(OC(=O)C(C)(C)C)C(=O)O)cc1OC(=O)OCCC. The zero-order chi connectivity index (χ0) is 28.2. The van der Waals surface area contributed by atoms with Gasteiger partial charge in [-0.2, -0.15) is 0 Å². The lowest BCUT2D eigenvalue weighted by molar-refractivity contribution is -0.190. The minimum Gasteiger partial charge on any atom is -0.477 e. The number of rotatable bonds is 13. The fourth-order valence-electron chi connectivity index (χ4n) is 2.83. The van der Waals surface area contributed by atoms with E-state index in [4.69, 9.17) is 23.7 Å². The molecule has 0 spiro atoms. The number of carboxylic acid groups (broad SMARTS) is 1. The highest BCUT2D eigenvalue weighted by atomic mass is 16.7. The molecule has 0 aromatic heterocycles. The van der Waals surface area contributed by atoms with Crippen molar-refractivity contribution in [2.75, 3.05) is 13.2 Å². The molecule has 1 aromatic carbocycles. The van der Waals surface area contributed by atoms with Crippen molar-refractivity contribution < 1.29 is 48.0 Å². The number of ether oxygens (including phenoxy) is 5. The fraction of sp³-hybridized carbons (Fsp3) is 0.615. The van der Waals surface area contributed by atoms with E-state index in [1.165, 1.54) is 18.2 Å². The van der Waals surface area contributed by atoms with Crippen molar-refractivity contribution in [1.29, 1.82) is 0 Å². The van der Waals surface area contributed by atoms with Gasteiger partial charge >= 0.3 is 24.2 Å². The van der Waals surface area contributed by atoms with E-state index in [-0.39, 0.29) is 37.2 Å². The van der Waals surface area contributed by atoms with Crippen molar-refractivity contribution in [3.05, 3.63) is 23.8 Å². The molecule has 0 heterocycles. The molecule has 1 unspecified atom stereocenters. The Morgan fingerprint density at radius 3 is 1.92 bits per heavy atom. The molecule has 208 valence electrons. The van der Waals surface area contributed by atoms with Crippen LogP contribution in [0.15, 0.2) is 18.2 Å². The Bertz CT molecular complexity index is 940. The predicted molar refractivity (Wildman–Crippen MR) is 133 cm³/mol. The molecule has 2 atom stereocenters. The van der Waals surface area contributed by atoms with Crippen molar-refractivity contribution >= 4 is 24.2 Å². The molecule has 0 bridgehead atoms. The number of hydrogen-bond acceptors (Lipinski definition) is 10. The maximum atomic E-state index is 12.7. The Balaban J connectivity index is 3.45. The van der Waals surface area contributed by atoms with Crippen LogP contribution >= 0.6 is 0 Å². The molecule has 1 aromatic rings. The van der Waals surface area contributed by atoms with Gasteiger partial charge in [0, 0.05) is 12.5 Å². The molecule has 1 rings (SSSR count). The average molecular weight is 526 g/mol. The van der Waals surface area contributed by atoms with Gasteiger partial charge in [0.15, 0.2) is 11.5 Å². The zero-order valence-corrected chi connectivity index (χ0v) is 22.7. The van der Waals surface area contributed by atoms with Gasteiger partial charge in [0.2, 0.25) is 0 Å². The van der Waals surface area contributed by atoms with Gasteiger partial charge in [0.25, 0.3) is 5.72 Å². The van der Waals surface area contributed by atoms with E-state index in [0.717, 1.165) is 0 Å². The first-order chi connectivity index (χ1) is 17.3. The Morgan fingerprint density at radius 2 is 1.46 bits per heavy atom. The highest BCUT2D eigenvalue weighted by molar-refractivity contribution is 5.84. The van der Waals surface area contributed by atoms with Gasteiger partial charge in [0.1, 0.15) is 0 Å². The summed E-state index contributed by atoms with van der Waals surface area (Å²) in [5.41, 5.74) is -2.78. The summed E-state index contributed by atoms with van der Waals surface area (Å²) in [6.45, 7) is 12.3. The van der Waals surface area contributed by atoms with Crippen LogP contribution in [0.2, 0.25) is 0 Å². The summed E-state index contributed by atoms with van der Waals surface area (Å²) >= 11 is 0. The molecule has 0 aliphatic carbocycles. The molecule has 0 saturated carbocycles. The molecule has 0 saturated heterocycles. The smallest absolute Gasteiger partial charge is 0.477 e. The summed E-state index contributed by atoms with van der Waals surface area (Å²) < 4.78 is 25.8. The number of carboxylic acids is 1. The number of carbonyl (C=O) groups excluding carboxylic acids is 3. The lowest BCUT2D eigenvalue weighted by atomic mass is 9.95. The molecule has 0 radical (unpaired) electrons. The highest BCUT2D eigenvalue weighted by Crippen LogP contribution is 2.32. The lowest BCUT2D eigenvalue weighted by Crippen LogP contribution is -2.60. The van der Waals surface area contributed by atoms with Crippen molar-refractivity contribution in [3.63, 3.8) is 0 Å². The summed E-state index contributed by atoms with van der Waals surface area (Å²) in [6.07, 6.45) is -0.661. The summed E-state index contributed by atoms with van der Waals surface area (Å²) in [5.74, 6) is -2.46. The van der Waals surface area contributed by atoms with E-state index >= 15 is 0 Å². The molecule has 0 aliphatic rings. The van der Waals surface area contributed by atoms with Crippen molar-refractivity contribution in [2.45, 2.75) is 85.9 Å². The third kappa shape index (κ3) is 10.3. The van der Waals surface area contributed by atoms with Gasteiger partial charge in [-0.05, 0) is 64.7 Å². The van der Waals surface area contributed by atoms with E-state index in [9.17, 15) is 24.3 Å². The maximum absolute atomic E-state index is 12.7. The lowest BCUT2D eigenvalue weighted by Gasteiger charge is -2.35. The van der Waals surface area contributed by atoms with Crippen molar-refractivity contribution in [3.8, 4) is 11.5 Å². The molecule has 37 heavy (non-hydrogen) atoms. The second-order valence-corrected chi connectivity index (χ2v) is 9.58. The Labute approximate surface area is 217 Å². The largest absolute Gasteiger partial charge is 0.513 e. The second-order valence-electron chi connectivity index (χ2n) is 9.58. The predicted octanol–water partition coefficient (Wildman–Crippen LogP) is 4.84. The van der Waals surface area contributed by atoms with Crippen LogP contribution in [-0.2, 0) is 30.2 Å². The van der Waals surface area contributed by atoms with E-state index < -0.39 is 35.4 Å². The Morgan fingerprint density at radius 1 is 0.919 bits per heavy atom. The summed E-state index contributed by atoms with van der Waals surface area (Å²) in [5, 5.41) is 13.1. The van der Waals surface area contributed by atoms with Gasteiger partial charge in [0.05, 0.1) is 18.6 Å². The van der Waals surface area contributed by atoms with E-state index in [1.807, 2.05) is 13.8 Å². The third-order valence-electron chi connectivity index (χ3n) is 5.01. The van der Waals surface area contributed by atoms with Crippen molar-refractivity contribution in [1.82, 2.24) is 5.32 Å². The normalized spacial score (nSPS) is 13.6. The molecule has 2 N–H and O–H groups in total. The van der Waals surface area contributed by atoms with Crippen LogP contribution in [0, 0.1) is 5.41 Å². The molecule has 11 nitrogen and oxygen atoms in total. The van der Waals surface area contributed by atoms with Gasteiger partial charge in [-0.3, -0.25) is 10.1 Å². The van der Waals surface area contributed by atoms with Gasteiger partial charge in [-0.15, -0.1) is 0 Å². The summed E-state index contributed by atoms with van der Waals surface area (Å²) in [4.78, 5) is 49.4. The number of aliphatic carboxylic acids is 1. The Kier molecular flexibility index (Phi) is 12.3. The van der Waals surface area contributed by atoms with Crippen LogP contribution in [0.5, 0.6) is 11.5 Å². The van der Waals surface area contributed by atoms with E-state index in [0.29, 0.717) is 24.8 Å². The van der Waals surface area contributed by atoms with E-state index in [2.05, 4.69) is 5.32 Å². The van der Waals surface area contributed by atoms with Gasteiger partial charge < -0.3 is 28.8 Å². The maximum Gasteiger partial charge on any atom is 0.513 e. The van der Waals surface area contributed by atoms with Crippen LogP contribution in [-0.4, -0.2) is 54.3 Å². The zero-order valence-electron chi connectivity index (χ0n) is 22.7. The van der Waals surface area contributed by atoms with Gasteiger partial charge in [-0.1, -0.05) is 26.8 Å². The molecule has 0 fully saturated rings. The van der Waals surface area contributed by atoms with Crippen molar-refractivity contribution in [2.24, 2.45) is 5.41 Å². The van der Waals surface area contributed by atoms with Crippen LogP contribution in [0.1, 0.15) is 73.3 Å². The fourth-order valence-corrected chi connectivity index (χ4v) is 2.83. The quantitative estimate of drug-likeness (QED) is 0.158. The summed E-state index contributed by atoms with van der Waals surface area (Å²) in [7, 11) is 0. The average Bonchev–Trinajstić information content (AvgIpc) is 2.82. The number of carbonyl (C=O) groups is 4. The minimum atomic E-state index is -2.12. The standard InChI is InChI=1S/C26H39NO10/c1-8-13-33-23(31)35-19-12-11-18(15-20(19)36-24(32)34-14-9-2)16-26(21(28)29,27-17(4)10-3)37-22(30)25(5,6)7/h11-12,15,17,27H,8-10,13-14,16H2,1-7H3,(H,28,29)/t17?,26-/m0/s1. The molecule has 11 heteroatoms. The van der Waals surface area contributed by atoms with E-state index in [1.54, 1.807) is 34.6 Å². The number of hydrogen-bond donors (Lipinski definition) is 2. The first-order valence-electron chi connectivity index (χ1n) is 12.3. The number of nitrogens with one attached hydrogen (secondary N) is 1.